The number of amides is 1. The quantitative estimate of drug-likeness (QED) is 0.679. The van der Waals surface area contributed by atoms with E-state index in [0.717, 1.165) is 0 Å². The van der Waals surface area contributed by atoms with Gasteiger partial charge in [0.05, 0.1) is 12.7 Å². The molecule has 1 aromatic rings. The molecule has 0 aliphatic rings. The van der Waals surface area contributed by atoms with Crippen molar-refractivity contribution in [3.63, 3.8) is 0 Å². The molecular formula is C9H17N5O. The average molecular weight is 211 g/mol. The second-order valence-corrected chi connectivity index (χ2v) is 3.60. The van der Waals surface area contributed by atoms with Gasteiger partial charge in [0.2, 0.25) is 5.91 Å². The minimum absolute atomic E-state index is 0.0230. The highest BCUT2D eigenvalue weighted by Crippen LogP contribution is 1.98. The van der Waals surface area contributed by atoms with Crippen LogP contribution in [0.5, 0.6) is 0 Å². The van der Waals surface area contributed by atoms with Crippen molar-refractivity contribution in [1.29, 1.82) is 0 Å². The van der Waals surface area contributed by atoms with Gasteiger partial charge in [-0.1, -0.05) is 12.1 Å². The third-order valence-corrected chi connectivity index (χ3v) is 2.31. The van der Waals surface area contributed by atoms with Crippen LogP contribution in [0.4, 0.5) is 0 Å². The molecule has 0 saturated heterocycles. The van der Waals surface area contributed by atoms with Gasteiger partial charge in [0.1, 0.15) is 0 Å². The molecule has 6 heteroatoms. The first-order valence-corrected chi connectivity index (χ1v) is 4.98. The van der Waals surface area contributed by atoms with Crippen molar-refractivity contribution in [3.8, 4) is 0 Å². The predicted octanol–water partition coefficient (Wildman–Crippen LogP) is -0.622. The van der Waals surface area contributed by atoms with Crippen LogP contribution in [0.25, 0.3) is 0 Å². The zero-order valence-corrected chi connectivity index (χ0v) is 9.05. The molecule has 84 valence electrons. The second-order valence-electron chi connectivity index (χ2n) is 3.60. The highest BCUT2D eigenvalue weighted by molar-refractivity contribution is 5.78. The minimum atomic E-state index is -0.166. The molecule has 1 heterocycles. The first kappa shape index (κ1) is 11.6. The molecule has 15 heavy (non-hydrogen) atoms. The molecule has 0 saturated carbocycles. The van der Waals surface area contributed by atoms with E-state index in [1.54, 1.807) is 17.1 Å². The maximum atomic E-state index is 11.5. The Bertz CT molecular complexity index is 295. The highest BCUT2D eigenvalue weighted by atomic mass is 16.1. The molecule has 1 rings (SSSR count). The lowest BCUT2D eigenvalue weighted by molar-refractivity contribution is -0.124. The Morgan fingerprint density at radius 3 is 2.87 bits per heavy atom. The van der Waals surface area contributed by atoms with Crippen LogP contribution >= 0.6 is 0 Å². The van der Waals surface area contributed by atoms with Gasteiger partial charge < -0.3 is 11.1 Å². The SMILES string of the molecule is CC(N)C(C)C(=O)NCCn1ccnn1. The molecule has 0 aromatic carbocycles. The van der Waals surface area contributed by atoms with E-state index in [2.05, 4.69) is 15.6 Å². The summed E-state index contributed by atoms with van der Waals surface area (Å²) in [4.78, 5) is 11.5. The van der Waals surface area contributed by atoms with Crippen LogP contribution in [0.15, 0.2) is 12.4 Å². The zero-order valence-electron chi connectivity index (χ0n) is 9.05. The fourth-order valence-electron chi connectivity index (χ4n) is 1.05. The molecule has 0 spiro atoms. The standard InChI is InChI=1S/C9H17N5O/c1-7(8(2)10)9(15)11-3-5-14-6-4-12-13-14/h4,6-8H,3,5,10H2,1-2H3,(H,11,15). The zero-order chi connectivity index (χ0) is 11.3. The van der Waals surface area contributed by atoms with Gasteiger partial charge in [-0.2, -0.15) is 0 Å². The normalized spacial score (nSPS) is 14.6. The molecule has 2 unspecified atom stereocenters. The second kappa shape index (κ2) is 5.45. The topological polar surface area (TPSA) is 85.8 Å². The molecule has 6 nitrogen and oxygen atoms in total. The van der Waals surface area contributed by atoms with Gasteiger partial charge in [-0.15, -0.1) is 5.10 Å². The largest absolute Gasteiger partial charge is 0.354 e. The van der Waals surface area contributed by atoms with Crippen LogP contribution in [0.2, 0.25) is 0 Å². The van der Waals surface area contributed by atoms with Gasteiger partial charge in [0, 0.05) is 24.7 Å². The van der Waals surface area contributed by atoms with Gasteiger partial charge in [-0.25, -0.2) is 0 Å². The molecule has 0 fully saturated rings. The van der Waals surface area contributed by atoms with Crippen LogP contribution in [-0.4, -0.2) is 33.5 Å². The van der Waals surface area contributed by atoms with E-state index in [1.807, 2.05) is 13.8 Å². The first-order valence-electron chi connectivity index (χ1n) is 4.98. The highest BCUT2D eigenvalue weighted by Gasteiger charge is 2.15. The van der Waals surface area contributed by atoms with Crippen molar-refractivity contribution < 1.29 is 4.79 Å². The third kappa shape index (κ3) is 3.67. The van der Waals surface area contributed by atoms with Crippen molar-refractivity contribution in [2.45, 2.75) is 26.4 Å². The number of nitrogens with two attached hydrogens (primary N) is 1. The summed E-state index contributed by atoms with van der Waals surface area (Å²) in [5.74, 6) is -0.189. The van der Waals surface area contributed by atoms with E-state index in [1.165, 1.54) is 0 Å². The van der Waals surface area contributed by atoms with E-state index < -0.39 is 0 Å². The molecule has 1 aromatic heterocycles. The van der Waals surface area contributed by atoms with Crippen molar-refractivity contribution in [2.75, 3.05) is 6.54 Å². The van der Waals surface area contributed by atoms with E-state index in [-0.39, 0.29) is 17.9 Å². The number of hydrogen-bond acceptors (Lipinski definition) is 4. The van der Waals surface area contributed by atoms with Gasteiger partial charge in [-0.3, -0.25) is 9.48 Å². The Kier molecular flexibility index (Phi) is 4.23. The monoisotopic (exact) mass is 211 g/mol. The van der Waals surface area contributed by atoms with Crippen LogP contribution in [0, 0.1) is 5.92 Å². The molecular weight excluding hydrogens is 194 g/mol. The van der Waals surface area contributed by atoms with E-state index in [4.69, 9.17) is 5.73 Å². The van der Waals surface area contributed by atoms with Crippen molar-refractivity contribution in [3.05, 3.63) is 12.4 Å². The number of carbonyl (C=O) groups is 1. The number of hydrogen-bond donors (Lipinski definition) is 2. The Morgan fingerprint density at radius 2 is 2.33 bits per heavy atom. The van der Waals surface area contributed by atoms with Crippen LogP contribution in [0.1, 0.15) is 13.8 Å². The third-order valence-electron chi connectivity index (χ3n) is 2.31. The lowest BCUT2D eigenvalue weighted by atomic mass is 10.0. The number of nitrogens with zero attached hydrogens (tertiary/aromatic N) is 3. The molecule has 0 bridgehead atoms. The van der Waals surface area contributed by atoms with E-state index in [9.17, 15) is 4.79 Å². The summed E-state index contributed by atoms with van der Waals surface area (Å²) in [7, 11) is 0. The summed E-state index contributed by atoms with van der Waals surface area (Å²) in [6.07, 6.45) is 3.35. The Labute approximate surface area is 88.8 Å². The summed E-state index contributed by atoms with van der Waals surface area (Å²) in [5.41, 5.74) is 5.61. The van der Waals surface area contributed by atoms with Crippen molar-refractivity contribution in [2.24, 2.45) is 11.7 Å². The van der Waals surface area contributed by atoms with Crippen molar-refractivity contribution >= 4 is 5.91 Å². The maximum absolute atomic E-state index is 11.5. The smallest absolute Gasteiger partial charge is 0.224 e. The van der Waals surface area contributed by atoms with Crippen LogP contribution < -0.4 is 11.1 Å². The Balaban J connectivity index is 2.23. The lowest BCUT2D eigenvalue weighted by Crippen LogP contribution is -2.39. The lowest BCUT2D eigenvalue weighted by Gasteiger charge is -2.15. The van der Waals surface area contributed by atoms with Crippen molar-refractivity contribution in [1.82, 2.24) is 20.3 Å². The predicted molar refractivity (Wildman–Crippen MR) is 55.8 cm³/mol. The summed E-state index contributed by atoms with van der Waals surface area (Å²) in [6, 6.07) is -0.128. The summed E-state index contributed by atoms with van der Waals surface area (Å²) < 4.78 is 1.66. The van der Waals surface area contributed by atoms with Crippen LogP contribution in [0.3, 0.4) is 0 Å². The summed E-state index contributed by atoms with van der Waals surface area (Å²) in [5, 5.41) is 10.2. The Morgan fingerprint density at radius 1 is 1.60 bits per heavy atom. The van der Waals surface area contributed by atoms with Gasteiger partial charge in [0.15, 0.2) is 0 Å². The van der Waals surface area contributed by atoms with Gasteiger partial charge >= 0.3 is 0 Å². The fraction of sp³-hybridized carbons (Fsp3) is 0.667. The molecule has 0 radical (unpaired) electrons. The minimum Gasteiger partial charge on any atom is -0.354 e. The summed E-state index contributed by atoms with van der Waals surface area (Å²) >= 11 is 0. The van der Waals surface area contributed by atoms with E-state index in [0.29, 0.717) is 13.1 Å². The Hall–Kier alpha value is -1.43. The number of nitrogens with one attached hydrogen (secondary N) is 1. The van der Waals surface area contributed by atoms with E-state index >= 15 is 0 Å². The molecule has 1 amide bonds. The van der Waals surface area contributed by atoms with Gasteiger partial charge in [-0.05, 0) is 6.92 Å². The number of aromatic nitrogens is 3. The fourth-order valence-corrected chi connectivity index (χ4v) is 1.05. The molecule has 0 aliphatic carbocycles. The molecule has 0 aliphatic heterocycles. The molecule has 3 N–H and O–H groups in total. The summed E-state index contributed by atoms with van der Waals surface area (Å²) in [6.45, 7) is 4.80. The number of carbonyl (C=O) groups excluding carboxylic acids is 1. The van der Waals surface area contributed by atoms with Gasteiger partial charge in [0.25, 0.3) is 0 Å². The maximum Gasteiger partial charge on any atom is 0.224 e. The first-order chi connectivity index (χ1) is 7.11. The molecule has 2 atom stereocenters. The average Bonchev–Trinajstić information content (AvgIpc) is 2.69. The number of rotatable bonds is 5. The van der Waals surface area contributed by atoms with Crippen LogP contribution in [-0.2, 0) is 11.3 Å².